The third kappa shape index (κ3) is 2.05. The maximum absolute atomic E-state index is 11.4. The fraction of sp³-hybridized carbons (Fsp3) is 0.312. The molecule has 1 aliphatic carbocycles. The number of nitrogen functional groups attached to an aromatic ring is 1. The number of amides is 1. The van der Waals surface area contributed by atoms with Crippen molar-refractivity contribution >= 4 is 11.7 Å². The molecule has 0 radical (unpaired) electrons. The summed E-state index contributed by atoms with van der Waals surface area (Å²) >= 11 is 0. The highest BCUT2D eigenvalue weighted by Crippen LogP contribution is 2.47. The van der Waals surface area contributed by atoms with E-state index in [1.165, 1.54) is 5.56 Å². The Labute approximate surface area is 123 Å². The van der Waals surface area contributed by atoms with E-state index in [1.54, 1.807) is 6.92 Å². The van der Waals surface area contributed by atoms with E-state index in [1.807, 2.05) is 18.2 Å². The average molecular weight is 282 g/mol. The predicted molar refractivity (Wildman–Crippen MR) is 80.8 cm³/mol. The minimum Gasteiger partial charge on any atom is -0.383 e. The number of rotatable bonds is 3. The van der Waals surface area contributed by atoms with Crippen LogP contribution in [-0.4, -0.2) is 15.9 Å². The molecule has 0 aliphatic heterocycles. The van der Waals surface area contributed by atoms with E-state index < -0.39 is 5.91 Å². The molecule has 1 saturated carbocycles. The molecular formula is C16H18N4O. The fourth-order valence-corrected chi connectivity index (χ4v) is 3.04. The van der Waals surface area contributed by atoms with Crippen molar-refractivity contribution in [1.29, 1.82) is 0 Å². The molecule has 1 fully saturated rings. The fourth-order valence-electron chi connectivity index (χ4n) is 3.04. The van der Waals surface area contributed by atoms with Gasteiger partial charge in [-0.3, -0.25) is 4.79 Å². The second-order valence-electron chi connectivity index (χ2n) is 5.56. The summed E-state index contributed by atoms with van der Waals surface area (Å²) in [4.78, 5) is 20.3. The van der Waals surface area contributed by atoms with Crippen LogP contribution in [0.2, 0.25) is 0 Å². The lowest BCUT2D eigenvalue weighted by atomic mass is 9.64. The van der Waals surface area contributed by atoms with Crippen LogP contribution >= 0.6 is 0 Å². The predicted octanol–water partition coefficient (Wildman–Crippen LogP) is 1.94. The number of primary amides is 1. The first-order chi connectivity index (χ1) is 10.0. The molecule has 1 aromatic carbocycles. The first kappa shape index (κ1) is 13.5. The Hall–Kier alpha value is -2.43. The molecule has 5 heteroatoms. The van der Waals surface area contributed by atoms with E-state index in [9.17, 15) is 4.79 Å². The van der Waals surface area contributed by atoms with Gasteiger partial charge < -0.3 is 11.5 Å². The third-order valence-electron chi connectivity index (χ3n) is 4.33. The van der Waals surface area contributed by atoms with Crippen LogP contribution < -0.4 is 11.5 Å². The number of aromatic nitrogens is 2. The Bertz CT molecular complexity index is 670. The number of hydrogen-bond donors (Lipinski definition) is 2. The number of hydrogen-bond acceptors (Lipinski definition) is 4. The van der Waals surface area contributed by atoms with Gasteiger partial charge in [0.1, 0.15) is 17.2 Å². The molecule has 4 N–H and O–H groups in total. The van der Waals surface area contributed by atoms with Crippen molar-refractivity contribution in [3.8, 4) is 0 Å². The Morgan fingerprint density at radius 3 is 2.33 bits per heavy atom. The molecule has 21 heavy (non-hydrogen) atoms. The molecule has 3 rings (SSSR count). The summed E-state index contributed by atoms with van der Waals surface area (Å²) in [5.74, 6) is 0.283. The number of nitrogens with two attached hydrogens (primary N) is 2. The van der Waals surface area contributed by atoms with E-state index in [2.05, 4.69) is 22.1 Å². The standard InChI is InChI=1S/C16H18N4O/c1-10-12(14(18)21)13(17)20-15(19-10)16(8-5-9-16)11-6-3-2-4-7-11/h2-4,6-7H,5,8-9H2,1H3,(H2,18,21)(H2,17,19,20). The lowest BCUT2D eigenvalue weighted by Crippen LogP contribution is -2.38. The van der Waals surface area contributed by atoms with Crippen molar-refractivity contribution in [2.24, 2.45) is 5.73 Å². The topological polar surface area (TPSA) is 94.9 Å². The minimum atomic E-state index is -0.584. The van der Waals surface area contributed by atoms with Gasteiger partial charge in [0.05, 0.1) is 11.1 Å². The molecule has 108 valence electrons. The van der Waals surface area contributed by atoms with Crippen LogP contribution in [0, 0.1) is 6.92 Å². The second kappa shape index (κ2) is 4.84. The molecule has 1 aromatic heterocycles. The monoisotopic (exact) mass is 282 g/mol. The van der Waals surface area contributed by atoms with Crippen molar-refractivity contribution in [2.75, 3.05) is 5.73 Å². The van der Waals surface area contributed by atoms with E-state index in [0.717, 1.165) is 19.3 Å². The molecule has 1 heterocycles. The van der Waals surface area contributed by atoms with Gasteiger partial charge in [-0.05, 0) is 25.3 Å². The Morgan fingerprint density at radius 2 is 1.86 bits per heavy atom. The maximum Gasteiger partial charge on any atom is 0.254 e. The summed E-state index contributed by atoms with van der Waals surface area (Å²) < 4.78 is 0. The van der Waals surface area contributed by atoms with Gasteiger partial charge in [0, 0.05) is 0 Å². The SMILES string of the molecule is Cc1nc(C2(c3ccccc3)CCC2)nc(N)c1C(N)=O. The normalized spacial score (nSPS) is 16.2. The molecule has 1 aliphatic rings. The van der Waals surface area contributed by atoms with Crippen LogP contribution in [0.3, 0.4) is 0 Å². The van der Waals surface area contributed by atoms with Crippen LogP contribution in [0.1, 0.15) is 46.7 Å². The lowest BCUT2D eigenvalue weighted by Gasteiger charge is -2.41. The molecule has 0 saturated heterocycles. The molecule has 0 spiro atoms. The number of nitrogens with zero attached hydrogens (tertiary/aromatic N) is 2. The summed E-state index contributed by atoms with van der Waals surface area (Å²) in [7, 11) is 0. The van der Waals surface area contributed by atoms with Crippen molar-refractivity contribution in [3.05, 3.63) is 53.0 Å². The zero-order valence-corrected chi connectivity index (χ0v) is 12.0. The van der Waals surface area contributed by atoms with E-state index in [0.29, 0.717) is 11.5 Å². The Balaban J connectivity index is 2.13. The largest absolute Gasteiger partial charge is 0.383 e. The zero-order valence-electron chi connectivity index (χ0n) is 12.0. The molecule has 0 atom stereocenters. The smallest absolute Gasteiger partial charge is 0.254 e. The van der Waals surface area contributed by atoms with Crippen LogP contribution in [0.15, 0.2) is 30.3 Å². The van der Waals surface area contributed by atoms with Crippen LogP contribution in [0.4, 0.5) is 5.82 Å². The molecule has 5 nitrogen and oxygen atoms in total. The number of aryl methyl sites for hydroxylation is 1. The first-order valence-corrected chi connectivity index (χ1v) is 7.04. The number of benzene rings is 1. The number of anilines is 1. The first-order valence-electron chi connectivity index (χ1n) is 7.04. The average Bonchev–Trinajstić information content (AvgIpc) is 2.37. The highest BCUT2D eigenvalue weighted by atomic mass is 16.1. The third-order valence-corrected chi connectivity index (χ3v) is 4.33. The van der Waals surface area contributed by atoms with Crippen molar-refractivity contribution in [3.63, 3.8) is 0 Å². The zero-order chi connectivity index (χ0) is 15.0. The molecule has 0 unspecified atom stereocenters. The van der Waals surface area contributed by atoms with Gasteiger partial charge in [-0.2, -0.15) is 0 Å². The van der Waals surface area contributed by atoms with E-state index in [-0.39, 0.29) is 16.8 Å². The summed E-state index contributed by atoms with van der Waals surface area (Å²) in [6.07, 6.45) is 3.12. The Morgan fingerprint density at radius 1 is 1.19 bits per heavy atom. The summed E-state index contributed by atoms with van der Waals surface area (Å²) in [5.41, 5.74) is 13.0. The van der Waals surface area contributed by atoms with Crippen molar-refractivity contribution in [1.82, 2.24) is 9.97 Å². The number of carbonyl (C=O) groups is 1. The molecule has 1 amide bonds. The van der Waals surface area contributed by atoms with Gasteiger partial charge in [0.2, 0.25) is 0 Å². The van der Waals surface area contributed by atoms with Gasteiger partial charge in [-0.25, -0.2) is 9.97 Å². The van der Waals surface area contributed by atoms with Gasteiger partial charge in [0.15, 0.2) is 0 Å². The van der Waals surface area contributed by atoms with Crippen molar-refractivity contribution < 1.29 is 4.79 Å². The highest BCUT2D eigenvalue weighted by molar-refractivity contribution is 5.98. The summed E-state index contributed by atoms with van der Waals surface area (Å²) in [6, 6.07) is 10.2. The van der Waals surface area contributed by atoms with Crippen LogP contribution in [0.25, 0.3) is 0 Å². The quantitative estimate of drug-likeness (QED) is 0.899. The van der Waals surface area contributed by atoms with Gasteiger partial charge in [0.25, 0.3) is 5.91 Å². The van der Waals surface area contributed by atoms with E-state index in [4.69, 9.17) is 11.5 Å². The number of carbonyl (C=O) groups excluding carboxylic acids is 1. The minimum absolute atomic E-state index is 0.173. The molecule has 0 bridgehead atoms. The molecule has 2 aromatic rings. The van der Waals surface area contributed by atoms with Crippen LogP contribution in [-0.2, 0) is 5.41 Å². The molecular weight excluding hydrogens is 264 g/mol. The second-order valence-corrected chi connectivity index (χ2v) is 5.56. The van der Waals surface area contributed by atoms with Gasteiger partial charge >= 0.3 is 0 Å². The van der Waals surface area contributed by atoms with Gasteiger partial charge in [-0.1, -0.05) is 36.8 Å². The van der Waals surface area contributed by atoms with Crippen molar-refractivity contribution in [2.45, 2.75) is 31.6 Å². The summed E-state index contributed by atoms with van der Waals surface area (Å²) in [6.45, 7) is 1.75. The van der Waals surface area contributed by atoms with Gasteiger partial charge in [-0.15, -0.1) is 0 Å². The van der Waals surface area contributed by atoms with E-state index >= 15 is 0 Å². The summed E-state index contributed by atoms with van der Waals surface area (Å²) in [5, 5.41) is 0. The van der Waals surface area contributed by atoms with Crippen LogP contribution in [0.5, 0.6) is 0 Å². The highest BCUT2D eigenvalue weighted by Gasteiger charge is 2.43. The lowest BCUT2D eigenvalue weighted by molar-refractivity contribution is 0.0999. The maximum atomic E-state index is 11.4. The Kier molecular flexibility index (Phi) is 3.12.